The van der Waals surface area contributed by atoms with Crippen LogP contribution in [0.5, 0.6) is 0 Å². The molecule has 8 heteroatoms. The minimum atomic E-state index is -0.250. The molecule has 0 radical (unpaired) electrons. The highest BCUT2D eigenvalue weighted by molar-refractivity contribution is 14.0. The molecule has 0 aromatic heterocycles. The van der Waals surface area contributed by atoms with Crippen molar-refractivity contribution < 1.29 is 9.13 Å². The van der Waals surface area contributed by atoms with Crippen molar-refractivity contribution >= 4 is 45.9 Å². The van der Waals surface area contributed by atoms with Gasteiger partial charge in [-0.3, -0.25) is 4.90 Å². The Kier molecular flexibility index (Phi) is 10.3. The van der Waals surface area contributed by atoms with Gasteiger partial charge in [0.05, 0.1) is 19.8 Å². The molecule has 2 N–H and O–H groups in total. The summed E-state index contributed by atoms with van der Waals surface area (Å²) < 4.78 is 19.7. The van der Waals surface area contributed by atoms with Crippen LogP contribution in [0.25, 0.3) is 0 Å². The van der Waals surface area contributed by atoms with Crippen molar-refractivity contribution in [1.29, 1.82) is 0 Å². The first-order valence-corrected chi connectivity index (χ1v) is 9.50. The zero-order chi connectivity index (χ0) is 18.3. The van der Waals surface area contributed by atoms with E-state index in [-0.39, 0.29) is 35.3 Å². The van der Waals surface area contributed by atoms with Crippen LogP contribution in [0, 0.1) is 5.82 Å². The summed E-state index contributed by atoms with van der Waals surface area (Å²) in [6.07, 6.45) is 0. The number of halogens is 3. The van der Waals surface area contributed by atoms with Crippen molar-refractivity contribution in [3.05, 3.63) is 34.1 Å². The van der Waals surface area contributed by atoms with Crippen LogP contribution in [-0.2, 0) is 11.3 Å². The molecule has 148 valence electrons. The lowest BCUT2D eigenvalue weighted by Crippen LogP contribution is -2.56. The number of benzene rings is 1. The number of hydrogen-bond acceptors (Lipinski definition) is 3. The average Bonchev–Trinajstić information content (AvgIpc) is 2.61. The van der Waals surface area contributed by atoms with Gasteiger partial charge in [0.15, 0.2) is 5.96 Å². The molecule has 0 aliphatic carbocycles. The van der Waals surface area contributed by atoms with E-state index in [1.54, 1.807) is 6.07 Å². The van der Waals surface area contributed by atoms with Crippen molar-refractivity contribution in [2.45, 2.75) is 32.9 Å². The molecule has 0 saturated carbocycles. The van der Waals surface area contributed by atoms with Crippen molar-refractivity contribution in [3.8, 4) is 0 Å². The molecule has 0 bridgehead atoms. The third-order valence-corrected chi connectivity index (χ3v) is 5.09. The zero-order valence-electron chi connectivity index (χ0n) is 15.6. The molecule has 1 aromatic carbocycles. The molecule has 5 nitrogen and oxygen atoms in total. The number of ether oxygens (including phenoxy) is 1. The largest absolute Gasteiger partial charge is 0.379 e. The van der Waals surface area contributed by atoms with Crippen LogP contribution in [0.3, 0.4) is 0 Å². The molecular weight excluding hydrogens is 514 g/mol. The number of aliphatic imine (C=N–C) groups is 1. The minimum absolute atomic E-state index is 0. The second-order valence-corrected chi connectivity index (χ2v) is 7.55. The van der Waals surface area contributed by atoms with Gasteiger partial charge in [-0.15, -0.1) is 24.0 Å². The van der Waals surface area contributed by atoms with E-state index in [1.807, 2.05) is 6.92 Å². The van der Waals surface area contributed by atoms with Crippen LogP contribution < -0.4 is 10.6 Å². The van der Waals surface area contributed by atoms with E-state index >= 15 is 0 Å². The van der Waals surface area contributed by atoms with Gasteiger partial charge in [-0.1, -0.05) is 15.9 Å². The summed E-state index contributed by atoms with van der Waals surface area (Å²) in [6, 6.07) is 4.66. The van der Waals surface area contributed by atoms with E-state index in [0.717, 1.165) is 55.4 Å². The first-order valence-electron chi connectivity index (χ1n) is 8.71. The van der Waals surface area contributed by atoms with Crippen LogP contribution in [0.4, 0.5) is 4.39 Å². The number of morpholine rings is 1. The molecular formula is C18H29BrFIN4O. The summed E-state index contributed by atoms with van der Waals surface area (Å²) in [5.74, 6) is 0.486. The lowest BCUT2D eigenvalue weighted by atomic mass is 10.0. The lowest BCUT2D eigenvalue weighted by Gasteiger charge is -2.41. The third-order valence-electron chi connectivity index (χ3n) is 4.32. The summed E-state index contributed by atoms with van der Waals surface area (Å²) in [4.78, 5) is 7.02. The lowest BCUT2D eigenvalue weighted by molar-refractivity contribution is -0.00834. The number of nitrogens with one attached hydrogen (secondary N) is 2. The Balaban J connectivity index is 0.00000338. The molecule has 1 fully saturated rings. The molecule has 1 aromatic rings. The highest BCUT2D eigenvalue weighted by Crippen LogP contribution is 2.19. The molecule has 0 atom stereocenters. The average molecular weight is 543 g/mol. The van der Waals surface area contributed by atoms with Crippen LogP contribution in [-0.4, -0.2) is 55.8 Å². The molecule has 0 spiro atoms. The maximum Gasteiger partial charge on any atom is 0.191 e. The summed E-state index contributed by atoms with van der Waals surface area (Å²) >= 11 is 3.45. The van der Waals surface area contributed by atoms with E-state index in [2.05, 4.69) is 50.3 Å². The number of nitrogens with zero attached hydrogens (tertiary/aromatic N) is 2. The van der Waals surface area contributed by atoms with E-state index in [9.17, 15) is 4.39 Å². The standard InChI is InChI=1S/C18H28BrFN4O.HI/c1-4-21-17(22-12-14-11-15(20)5-6-16(14)19)23-13-18(2,3)24-7-9-25-10-8-24;/h5-6,11H,4,7-10,12-13H2,1-3H3,(H2,21,22,23);1H. The van der Waals surface area contributed by atoms with Crippen LogP contribution in [0.1, 0.15) is 26.3 Å². The highest BCUT2D eigenvalue weighted by atomic mass is 127. The molecule has 2 rings (SSSR count). The van der Waals surface area contributed by atoms with E-state index < -0.39 is 0 Å². The summed E-state index contributed by atoms with van der Waals surface area (Å²) in [6.45, 7) is 11.9. The van der Waals surface area contributed by atoms with Gasteiger partial charge in [0.25, 0.3) is 0 Å². The van der Waals surface area contributed by atoms with Gasteiger partial charge < -0.3 is 15.4 Å². The van der Waals surface area contributed by atoms with E-state index in [4.69, 9.17) is 4.74 Å². The van der Waals surface area contributed by atoms with Gasteiger partial charge in [-0.2, -0.15) is 0 Å². The fourth-order valence-electron chi connectivity index (χ4n) is 2.75. The Morgan fingerprint density at radius 2 is 2.00 bits per heavy atom. The van der Waals surface area contributed by atoms with E-state index in [0.29, 0.717) is 6.54 Å². The molecule has 1 aliphatic rings. The van der Waals surface area contributed by atoms with Gasteiger partial charge >= 0.3 is 0 Å². The topological polar surface area (TPSA) is 48.9 Å². The molecule has 1 heterocycles. The minimum Gasteiger partial charge on any atom is -0.379 e. The summed E-state index contributed by atoms with van der Waals surface area (Å²) in [7, 11) is 0. The fourth-order valence-corrected chi connectivity index (χ4v) is 3.12. The van der Waals surface area contributed by atoms with Crippen LogP contribution in [0.2, 0.25) is 0 Å². The highest BCUT2D eigenvalue weighted by Gasteiger charge is 2.28. The first-order chi connectivity index (χ1) is 11.9. The second kappa shape index (κ2) is 11.4. The van der Waals surface area contributed by atoms with Gasteiger partial charge in [0.2, 0.25) is 0 Å². The van der Waals surface area contributed by atoms with E-state index in [1.165, 1.54) is 12.1 Å². The van der Waals surface area contributed by atoms with Crippen molar-refractivity contribution in [2.24, 2.45) is 4.99 Å². The molecule has 1 saturated heterocycles. The summed E-state index contributed by atoms with van der Waals surface area (Å²) in [5, 5.41) is 6.66. The maximum atomic E-state index is 13.4. The quantitative estimate of drug-likeness (QED) is 0.329. The molecule has 0 amide bonds. The SMILES string of the molecule is CCNC(=NCc1cc(F)ccc1Br)NCC(C)(C)N1CCOCC1.I. The Morgan fingerprint density at radius 1 is 1.31 bits per heavy atom. The number of rotatable bonds is 6. The first kappa shape index (κ1) is 23.6. The molecule has 0 unspecified atom stereocenters. The molecule has 1 aliphatic heterocycles. The van der Waals surface area contributed by atoms with Crippen LogP contribution in [0.15, 0.2) is 27.7 Å². The maximum absolute atomic E-state index is 13.4. The Bertz CT molecular complexity index is 595. The van der Waals surface area contributed by atoms with Crippen LogP contribution >= 0.6 is 39.9 Å². The van der Waals surface area contributed by atoms with Crippen molar-refractivity contribution in [2.75, 3.05) is 39.4 Å². The predicted octanol–water partition coefficient (Wildman–Crippen LogP) is 3.37. The Labute approximate surface area is 181 Å². The normalized spacial score (nSPS) is 16.1. The van der Waals surface area contributed by atoms with Crippen molar-refractivity contribution in [3.63, 3.8) is 0 Å². The number of guanidine groups is 1. The monoisotopic (exact) mass is 542 g/mol. The van der Waals surface area contributed by atoms with Gasteiger partial charge in [-0.25, -0.2) is 9.38 Å². The Morgan fingerprint density at radius 3 is 2.65 bits per heavy atom. The van der Waals surface area contributed by atoms with Gasteiger partial charge in [0.1, 0.15) is 5.82 Å². The third kappa shape index (κ3) is 7.28. The fraction of sp³-hybridized carbons (Fsp3) is 0.611. The predicted molar refractivity (Wildman–Crippen MR) is 119 cm³/mol. The summed E-state index contributed by atoms with van der Waals surface area (Å²) in [5.41, 5.74) is 0.823. The Hall–Kier alpha value is -0.450. The van der Waals surface area contributed by atoms with Crippen molar-refractivity contribution in [1.82, 2.24) is 15.5 Å². The van der Waals surface area contributed by atoms with Gasteiger partial charge in [0, 0.05) is 36.2 Å². The molecule has 26 heavy (non-hydrogen) atoms. The smallest absolute Gasteiger partial charge is 0.191 e. The van der Waals surface area contributed by atoms with Gasteiger partial charge in [-0.05, 0) is 44.5 Å². The zero-order valence-corrected chi connectivity index (χ0v) is 19.6. The number of hydrogen-bond donors (Lipinski definition) is 2. The second-order valence-electron chi connectivity index (χ2n) is 6.70.